The second-order valence-electron chi connectivity index (χ2n) is 4.19. The lowest BCUT2D eigenvalue weighted by molar-refractivity contribution is -0.114. The first kappa shape index (κ1) is 12.7. The largest absolute Gasteiger partial charge is 0.326 e. The molecule has 2 rings (SSSR count). The molecule has 2 aromatic carbocycles. The van der Waals surface area contributed by atoms with Crippen molar-refractivity contribution in [2.75, 3.05) is 5.32 Å². The molecule has 0 aliphatic carbocycles. The summed E-state index contributed by atoms with van der Waals surface area (Å²) in [5.74, 6) is -0.0661. The fourth-order valence-electron chi connectivity index (χ4n) is 1.86. The Morgan fingerprint density at radius 2 is 1.89 bits per heavy atom. The number of nitrogens with one attached hydrogen (secondary N) is 1. The average Bonchev–Trinajstić information content (AvgIpc) is 2.32. The van der Waals surface area contributed by atoms with E-state index >= 15 is 0 Å². The molecule has 92 valence electrons. The van der Waals surface area contributed by atoms with Crippen molar-refractivity contribution in [3.63, 3.8) is 0 Å². The summed E-state index contributed by atoms with van der Waals surface area (Å²) in [7, 11) is 0. The van der Waals surface area contributed by atoms with Gasteiger partial charge in [0.05, 0.1) is 0 Å². The van der Waals surface area contributed by atoms with Crippen molar-refractivity contribution in [3.8, 4) is 11.1 Å². The lowest BCUT2D eigenvalue weighted by Crippen LogP contribution is -2.06. The number of hydrogen-bond donors (Lipinski definition) is 1. The highest BCUT2D eigenvalue weighted by molar-refractivity contribution is 6.33. The number of benzene rings is 2. The lowest BCUT2D eigenvalue weighted by Gasteiger charge is -2.10. The van der Waals surface area contributed by atoms with E-state index in [0.29, 0.717) is 0 Å². The number of amides is 1. The second kappa shape index (κ2) is 5.23. The minimum Gasteiger partial charge on any atom is -0.326 e. The SMILES string of the molecule is CC(=O)Nc1ccc(-c2ccccc2Cl)cc1C. The van der Waals surface area contributed by atoms with Crippen molar-refractivity contribution in [1.29, 1.82) is 0 Å². The Bertz CT molecular complexity index is 593. The zero-order valence-electron chi connectivity index (χ0n) is 10.3. The zero-order valence-corrected chi connectivity index (χ0v) is 11.1. The Labute approximate surface area is 112 Å². The molecular formula is C15H14ClNO. The van der Waals surface area contributed by atoms with Crippen molar-refractivity contribution in [3.05, 3.63) is 53.1 Å². The molecule has 3 heteroatoms. The first-order valence-electron chi connectivity index (χ1n) is 5.71. The van der Waals surface area contributed by atoms with E-state index in [1.807, 2.05) is 49.4 Å². The van der Waals surface area contributed by atoms with Gasteiger partial charge in [-0.15, -0.1) is 0 Å². The van der Waals surface area contributed by atoms with E-state index in [1.54, 1.807) is 0 Å². The highest BCUT2D eigenvalue weighted by atomic mass is 35.5. The molecule has 0 heterocycles. The molecular weight excluding hydrogens is 246 g/mol. The smallest absolute Gasteiger partial charge is 0.221 e. The second-order valence-corrected chi connectivity index (χ2v) is 4.60. The molecule has 1 N–H and O–H groups in total. The molecule has 0 bridgehead atoms. The predicted molar refractivity (Wildman–Crippen MR) is 75.9 cm³/mol. The van der Waals surface area contributed by atoms with Crippen molar-refractivity contribution in [2.24, 2.45) is 0 Å². The van der Waals surface area contributed by atoms with Gasteiger partial charge in [-0.1, -0.05) is 35.9 Å². The molecule has 0 aliphatic rings. The summed E-state index contributed by atoms with van der Waals surface area (Å²) in [5.41, 5.74) is 3.89. The Kier molecular flexibility index (Phi) is 3.68. The third-order valence-electron chi connectivity index (χ3n) is 2.72. The van der Waals surface area contributed by atoms with E-state index in [-0.39, 0.29) is 5.91 Å². The van der Waals surface area contributed by atoms with Crippen LogP contribution in [0.25, 0.3) is 11.1 Å². The van der Waals surface area contributed by atoms with Gasteiger partial charge in [0.15, 0.2) is 0 Å². The van der Waals surface area contributed by atoms with Gasteiger partial charge in [0.1, 0.15) is 0 Å². The maximum atomic E-state index is 11.0. The van der Waals surface area contributed by atoms with Crippen LogP contribution in [0.4, 0.5) is 5.69 Å². The summed E-state index contributed by atoms with van der Waals surface area (Å²) in [6, 6.07) is 13.6. The standard InChI is InChI=1S/C15H14ClNO/c1-10-9-12(7-8-15(10)17-11(2)18)13-5-3-4-6-14(13)16/h3-9H,1-2H3,(H,17,18). The Morgan fingerprint density at radius 3 is 2.50 bits per heavy atom. The van der Waals surface area contributed by atoms with Gasteiger partial charge >= 0.3 is 0 Å². The van der Waals surface area contributed by atoms with Crippen LogP contribution in [0.5, 0.6) is 0 Å². The van der Waals surface area contributed by atoms with Crippen molar-refractivity contribution >= 4 is 23.2 Å². The maximum Gasteiger partial charge on any atom is 0.221 e. The molecule has 0 aliphatic heterocycles. The molecule has 0 atom stereocenters. The molecule has 18 heavy (non-hydrogen) atoms. The molecule has 0 fully saturated rings. The predicted octanol–water partition coefficient (Wildman–Crippen LogP) is 4.27. The van der Waals surface area contributed by atoms with Crippen LogP contribution in [0.1, 0.15) is 12.5 Å². The van der Waals surface area contributed by atoms with E-state index in [2.05, 4.69) is 5.32 Å². The highest BCUT2D eigenvalue weighted by Crippen LogP contribution is 2.30. The van der Waals surface area contributed by atoms with Crippen molar-refractivity contribution in [2.45, 2.75) is 13.8 Å². The van der Waals surface area contributed by atoms with Gasteiger partial charge in [-0.3, -0.25) is 4.79 Å². The first-order chi connectivity index (χ1) is 8.58. The monoisotopic (exact) mass is 259 g/mol. The zero-order chi connectivity index (χ0) is 13.1. The number of carbonyl (C=O) groups excluding carboxylic acids is 1. The van der Waals surface area contributed by atoms with Crippen LogP contribution in [0.15, 0.2) is 42.5 Å². The van der Waals surface area contributed by atoms with E-state index < -0.39 is 0 Å². The number of halogens is 1. The third kappa shape index (κ3) is 2.71. The molecule has 2 aromatic rings. The van der Waals surface area contributed by atoms with Gasteiger partial charge in [-0.2, -0.15) is 0 Å². The quantitative estimate of drug-likeness (QED) is 0.857. The van der Waals surface area contributed by atoms with Gasteiger partial charge in [-0.25, -0.2) is 0 Å². The van der Waals surface area contributed by atoms with Gasteiger partial charge in [0.2, 0.25) is 5.91 Å². The Hall–Kier alpha value is -1.80. The number of aryl methyl sites for hydroxylation is 1. The third-order valence-corrected chi connectivity index (χ3v) is 3.05. The molecule has 0 aromatic heterocycles. The van der Waals surface area contributed by atoms with Crippen LogP contribution >= 0.6 is 11.6 Å². The first-order valence-corrected chi connectivity index (χ1v) is 6.09. The molecule has 0 saturated carbocycles. The van der Waals surface area contributed by atoms with Gasteiger partial charge in [-0.05, 0) is 36.2 Å². The summed E-state index contributed by atoms with van der Waals surface area (Å²) in [6.07, 6.45) is 0. The Balaban J connectivity index is 2.40. The fourth-order valence-corrected chi connectivity index (χ4v) is 2.10. The van der Waals surface area contributed by atoms with E-state index in [4.69, 9.17) is 11.6 Å². The summed E-state index contributed by atoms with van der Waals surface area (Å²) in [4.78, 5) is 11.0. The highest BCUT2D eigenvalue weighted by Gasteiger charge is 2.05. The van der Waals surface area contributed by atoms with Crippen molar-refractivity contribution in [1.82, 2.24) is 0 Å². The minimum absolute atomic E-state index is 0.0661. The van der Waals surface area contributed by atoms with E-state index in [0.717, 1.165) is 27.4 Å². The average molecular weight is 260 g/mol. The molecule has 0 saturated heterocycles. The fraction of sp³-hybridized carbons (Fsp3) is 0.133. The number of hydrogen-bond acceptors (Lipinski definition) is 1. The number of anilines is 1. The summed E-state index contributed by atoms with van der Waals surface area (Å²) in [6.45, 7) is 3.47. The van der Waals surface area contributed by atoms with E-state index in [1.165, 1.54) is 6.92 Å². The molecule has 1 amide bonds. The van der Waals surface area contributed by atoms with Crippen LogP contribution in [-0.4, -0.2) is 5.91 Å². The lowest BCUT2D eigenvalue weighted by atomic mass is 10.0. The normalized spacial score (nSPS) is 10.2. The Morgan fingerprint density at radius 1 is 1.17 bits per heavy atom. The van der Waals surface area contributed by atoms with Gasteiger partial charge in [0.25, 0.3) is 0 Å². The minimum atomic E-state index is -0.0661. The topological polar surface area (TPSA) is 29.1 Å². The molecule has 0 unspecified atom stereocenters. The molecule has 0 radical (unpaired) electrons. The number of rotatable bonds is 2. The summed E-state index contributed by atoms with van der Waals surface area (Å²) in [5, 5.41) is 3.52. The van der Waals surface area contributed by atoms with Crippen LogP contribution in [-0.2, 0) is 4.79 Å². The van der Waals surface area contributed by atoms with Crippen LogP contribution in [0, 0.1) is 6.92 Å². The molecule has 0 spiro atoms. The van der Waals surface area contributed by atoms with Gasteiger partial charge < -0.3 is 5.32 Å². The van der Waals surface area contributed by atoms with Crippen LogP contribution in [0.2, 0.25) is 5.02 Å². The van der Waals surface area contributed by atoms with E-state index in [9.17, 15) is 4.79 Å². The van der Waals surface area contributed by atoms with Crippen molar-refractivity contribution < 1.29 is 4.79 Å². The number of carbonyl (C=O) groups is 1. The maximum absolute atomic E-state index is 11.0. The van der Waals surface area contributed by atoms with Gasteiger partial charge in [0, 0.05) is 23.2 Å². The summed E-state index contributed by atoms with van der Waals surface area (Å²) < 4.78 is 0. The molecule has 2 nitrogen and oxygen atoms in total. The van der Waals surface area contributed by atoms with Crippen LogP contribution < -0.4 is 5.32 Å². The summed E-state index contributed by atoms with van der Waals surface area (Å²) >= 11 is 6.17. The van der Waals surface area contributed by atoms with Crippen LogP contribution in [0.3, 0.4) is 0 Å².